The average Bonchev–Trinajstić information content (AvgIpc) is 3.72. The van der Waals surface area contributed by atoms with Crippen LogP contribution < -0.4 is 4.90 Å². The first-order chi connectivity index (χ1) is 23.1. The fourth-order valence-electron chi connectivity index (χ4n) is 6.82. The molecule has 49 heavy (non-hydrogen) atoms. The van der Waals surface area contributed by atoms with Crippen LogP contribution in [0.3, 0.4) is 0 Å². The predicted molar refractivity (Wildman–Crippen MR) is 167 cm³/mol. The van der Waals surface area contributed by atoms with Crippen molar-refractivity contribution in [2.75, 3.05) is 25.6 Å². The molecule has 2 fully saturated rings. The van der Waals surface area contributed by atoms with Gasteiger partial charge in [-0.2, -0.15) is 31.4 Å². The van der Waals surface area contributed by atoms with Crippen LogP contribution in [0.4, 0.5) is 37.1 Å². The van der Waals surface area contributed by atoms with Crippen molar-refractivity contribution in [3.05, 3.63) is 59.7 Å². The van der Waals surface area contributed by atoms with Crippen LogP contribution in [0.5, 0.6) is 0 Å². The van der Waals surface area contributed by atoms with Crippen molar-refractivity contribution in [1.82, 2.24) is 29.5 Å². The number of aryl methyl sites for hydroxylation is 1. The lowest BCUT2D eigenvalue weighted by molar-refractivity contribution is -0.147. The van der Waals surface area contributed by atoms with Crippen LogP contribution in [-0.2, 0) is 35.5 Å². The zero-order chi connectivity index (χ0) is 35.7. The van der Waals surface area contributed by atoms with E-state index >= 15 is 0 Å². The highest BCUT2D eigenvalue weighted by Crippen LogP contribution is 2.38. The van der Waals surface area contributed by atoms with Gasteiger partial charge in [0.2, 0.25) is 5.95 Å². The van der Waals surface area contributed by atoms with Gasteiger partial charge >= 0.3 is 24.4 Å². The van der Waals surface area contributed by atoms with Gasteiger partial charge in [-0.25, -0.2) is 14.8 Å². The number of amides is 2. The molecule has 1 aliphatic heterocycles. The fourth-order valence-corrected chi connectivity index (χ4v) is 6.82. The Morgan fingerprint density at radius 1 is 0.918 bits per heavy atom. The standard InChI is InChI=1S/C33H39F6N7O3/c1-5-26-13-28(19-46(26)31(48)44(3)27-8-6-21(7-9-27)29(47)49-4)45(30-40-14-22(15-41-30)23-16-42-43(2)18-23)17-20-10-24(32(34,35)36)12-25(11-20)33(37,38)39/h10-12,14-16,18,21,26-28H,5-9,13,17,19H2,1-4H3/t21-,26-,27-,28+/m1/s1. The Bertz CT molecular complexity index is 1590. The zero-order valence-corrected chi connectivity index (χ0v) is 27.6. The molecule has 0 unspecified atom stereocenters. The summed E-state index contributed by atoms with van der Waals surface area (Å²) in [4.78, 5) is 39.9. The Balaban J connectivity index is 1.44. The van der Waals surface area contributed by atoms with E-state index < -0.39 is 29.5 Å². The molecule has 0 radical (unpaired) electrons. The third kappa shape index (κ3) is 8.10. The van der Waals surface area contributed by atoms with Crippen molar-refractivity contribution in [2.45, 2.75) is 82.5 Å². The summed E-state index contributed by atoms with van der Waals surface area (Å²) in [6, 6.07) is 0.406. The van der Waals surface area contributed by atoms with E-state index in [1.807, 2.05) is 6.92 Å². The Labute approximate surface area is 280 Å². The smallest absolute Gasteiger partial charge is 0.416 e. The van der Waals surface area contributed by atoms with Crippen LogP contribution in [0.15, 0.2) is 43.0 Å². The molecule has 2 amide bonds. The zero-order valence-electron chi connectivity index (χ0n) is 27.6. The number of benzene rings is 1. The van der Waals surface area contributed by atoms with Crippen molar-refractivity contribution in [2.24, 2.45) is 13.0 Å². The number of esters is 1. The fraction of sp³-hybridized carbons (Fsp3) is 0.545. The number of hydrogen-bond acceptors (Lipinski definition) is 7. The molecule has 2 aromatic heterocycles. The molecule has 16 heteroatoms. The van der Waals surface area contributed by atoms with Crippen LogP contribution in [0.25, 0.3) is 11.1 Å². The lowest BCUT2D eigenvalue weighted by Gasteiger charge is -2.37. The quantitative estimate of drug-likeness (QED) is 0.195. The number of hydrogen-bond donors (Lipinski definition) is 0. The summed E-state index contributed by atoms with van der Waals surface area (Å²) in [7, 11) is 4.81. The Hall–Kier alpha value is -4.37. The maximum atomic E-state index is 13.9. The van der Waals surface area contributed by atoms with E-state index in [2.05, 4.69) is 15.1 Å². The molecule has 2 atom stereocenters. The van der Waals surface area contributed by atoms with E-state index in [0.29, 0.717) is 56.2 Å². The van der Waals surface area contributed by atoms with Crippen LogP contribution in [-0.4, -0.2) is 80.4 Å². The maximum absolute atomic E-state index is 13.9. The minimum Gasteiger partial charge on any atom is -0.469 e. The number of rotatable bonds is 8. The molecule has 0 spiro atoms. The van der Waals surface area contributed by atoms with Crippen molar-refractivity contribution >= 4 is 17.9 Å². The number of carbonyl (C=O) groups excluding carboxylic acids is 2. The van der Waals surface area contributed by atoms with Gasteiger partial charge in [-0.15, -0.1) is 0 Å². The number of likely N-dealkylation sites (tertiary alicyclic amines) is 1. The molecule has 10 nitrogen and oxygen atoms in total. The number of halogens is 6. The summed E-state index contributed by atoms with van der Waals surface area (Å²) < 4.78 is 89.1. The van der Waals surface area contributed by atoms with Gasteiger partial charge in [-0.1, -0.05) is 6.92 Å². The number of urea groups is 1. The third-order valence-corrected chi connectivity index (χ3v) is 9.56. The number of aromatic nitrogens is 4. The highest BCUT2D eigenvalue weighted by molar-refractivity contribution is 5.76. The van der Waals surface area contributed by atoms with Gasteiger partial charge in [0.25, 0.3) is 0 Å². The van der Waals surface area contributed by atoms with Gasteiger partial charge in [-0.3, -0.25) is 9.48 Å². The highest BCUT2D eigenvalue weighted by Gasteiger charge is 2.42. The highest BCUT2D eigenvalue weighted by atomic mass is 19.4. The van der Waals surface area contributed by atoms with Crippen LogP contribution >= 0.6 is 0 Å². The number of nitrogens with zero attached hydrogens (tertiary/aromatic N) is 7. The summed E-state index contributed by atoms with van der Waals surface area (Å²) in [5.74, 6) is -0.377. The van der Waals surface area contributed by atoms with E-state index in [1.54, 1.807) is 45.9 Å². The molecule has 266 valence electrons. The van der Waals surface area contributed by atoms with Gasteiger partial charge < -0.3 is 19.4 Å². The maximum Gasteiger partial charge on any atom is 0.416 e. The molecule has 5 rings (SSSR count). The van der Waals surface area contributed by atoms with Crippen molar-refractivity contribution < 1.29 is 40.7 Å². The summed E-state index contributed by atoms with van der Waals surface area (Å²) >= 11 is 0. The molecule has 1 aromatic carbocycles. The SMILES string of the molecule is CC[C@@H]1C[C@H](N(Cc2cc(C(F)(F)F)cc(C(F)(F)F)c2)c2ncc(-c3cnn(C)c3)cn2)CN1C(=O)N(C)[C@H]1CC[C@H](C(=O)OC)CC1. The van der Waals surface area contributed by atoms with Crippen molar-refractivity contribution in [1.29, 1.82) is 0 Å². The normalized spacial score (nSPS) is 21.5. The average molecular weight is 696 g/mol. The first-order valence-electron chi connectivity index (χ1n) is 16.1. The van der Waals surface area contributed by atoms with Crippen molar-refractivity contribution in [3.8, 4) is 11.1 Å². The number of alkyl halides is 6. The van der Waals surface area contributed by atoms with Crippen molar-refractivity contribution in [3.63, 3.8) is 0 Å². The lowest BCUT2D eigenvalue weighted by Crippen LogP contribution is -2.49. The monoisotopic (exact) mass is 695 g/mol. The molecule has 3 heterocycles. The van der Waals surface area contributed by atoms with Gasteiger partial charge in [0, 0.05) is 69.0 Å². The lowest BCUT2D eigenvalue weighted by atomic mass is 9.85. The second kappa shape index (κ2) is 14.2. The Morgan fingerprint density at radius 2 is 1.53 bits per heavy atom. The van der Waals surface area contributed by atoms with E-state index in [4.69, 9.17) is 4.74 Å². The number of ether oxygens (including phenoxy) is 1. The molecule has 3 aromatic rings. The largest absolute Gasteiger partial charge is 0.469 e. The van der Waals surface area contributed by atoms with E-state index in [9.17, 15) is 35.9 Å². The Kier molecular flexibility index (Phi) is 10.4. The summed E-state index contributed by atoms with van der Waals surface area (Å²) in [6.45, 7) is 1.70. The second-order valence-corrected chi connectivity index (χ2v) is 12.7. The van der Waals surface area contributed by atoms with Gasteiger partial charge in [0.15, 0.2) is 0 Å². The topological polar surface area (TPSA) is 96.7 Å². The summed E-state index contributed by atoms with van der Waals surface area (Å²) in [6.07, 6.45) is -0.221. The minimum atomic E-state index is -5.01. The molecule has 0 N–H and O–H groups in total. The van der Waals surface area contributed by atoms with Crippen LogP contribution in [0.2, 0.25) is 0 Å². The first kappa shape index (κ1) is 35.9. The van der Waals surface area contributed by atoms with Crippen LogP contribution in [0, 0.1) is 5.92 Å². The molecular weight excluding hydrogens is 656 g/mol. The number of carbonyl (C=O) groups is 2. The van der Waals surface area contributed by atoms with E-state index in [1.165, 1.54) is 19.5 Å². The number of methoxy groups -OCH3 is 1. The molecule has 2 aliphatic rings. The first-order valence-corrected chi connectivity index (χ1v) is 16.1. The van der Waals surface area contributed by atoms with Gasteiger partial charge in [-0.05, 0) is 62.3 Å². The third-order valence-electron chi connectivity index (χ3n) is 9.56. The summed E-state index contributed by atoms with van der Waals surface area (Å²) in [5.41, 5.74) is -1.71. The second-order valence-electron chi connectivity index (χ2n) is 12.7. The van der Waals surface area contributed by atoms with E-state index in [0.717, 1.165) is 5.56 Å². The predicted octanol–water partition coefficient (Wildman–Crippen LogP) is 6.56. The molecule has 1 saturated carbocycles. The molecule has 1 saturated heterocycles. The molecule has 0 bridgehead atoms. The van der Waals surface area contributed by atoms with Crippen LogP contribution in [0.1, 0.15) is 62.1 Å². The molecule has 1 aliphatic carbocycles. The summed E-state index contributed by atoms with van der Waals surface area (Å²) in [5, 5.41) is 4.14. The van der Waals surface area contributed by atoms with E-state index in [-0.39, 0.29) is 60.7 Å². The minimum absolute atomic E-state index is 0.0993. The molecular formula is C33H39F6N7O3. The van der Waals surface area contributed by atoms with Gasteiger partial charge in [0.05, 0.1) is 36.4 Å². The Morgan fingerprint density at radius 3 is 2.04 bits per heavy atom. The van der Waals surface area contributed by atoms with Gasteiger partial charge in [0.1, 0.15) is 0 Å². The number of anilines is 1.